The minimum atomic E-state index is -3.68. The van der Waals surface area contributed by atoms with Gasteiger partial charge < -0.3 is 4.74 Å². The third-order valence-corrected chi connectivity index (χ3v) is 7.64. The Kier molecular flexibility index (Phi) is 7.97. The maximum atomic E-state index is 12.9. The zero-order valence-electron chi connectivity index (χ0n) is 19.2. The van der Waals surface area contributed by atoms with E-state index >= 15 is 0 Å². The quantitative estimate of drug-likeness (QED) is 0.457. The molecule has 1 aromatic heterocycles. The normalized spacial score (nSPS) is 18.7. The van der Waals surface area contributed by atoms with Gasteiger partial charge >= 0.3 is 5.97 Å². The molecule has 3 aromatic rings. The standard InChI is InChI=1S/C26H26ClN3O4S/c1-34-26(31)21-7-4-19(5-8-21)6-11-24-15-23(18-30(24)17-20-3-2-14-28-16-20)29-35(32,33)25-12-9-22(27)10-13-25/h2-14,16,23-24,29H,15,17-18H2,1H3/t23-,24-/m1/s1. The fourth-order valence-electron chi connectivity index (χ4n) is 4.10. The number of benzene rings is 2. The second-order valence-electron chi connectivity index (χ2n) is 8.34. The monoisotopic (exact) mass is 511 g/mol. The van der Waals surface area contributed by atoms with Crippen LogP contribution in [-0.2, 0) is 21.3 Å². The highest BCUT2D eigenvalue weighted by atomic mass is 35.5. The molecule has 1 aliphatic heterocycles. The van der Waals surface area contributed by atoms with Crippen LogP contribution in [0.15, 0.2) is 84.0 Å². The van der Waals surface area contributed by atoms with Crippen molar-refractivity contribution in [2.75, 3.05) is 13.7 Å². The fourth-order valence-corrected chi connectivity index (χ4v) is 5.46. The van der Waals surface area contributed by atoms with Gasteiger partial charge in [-0.1, -0.05) is 42.0 Å². The lowest BCUT2D eigenvalue weighted by molar-refractivity contribution is 0.0600. The summed E-state index contributed by atoms with van der Waals surface area (Å²) < 4.78 is 33.4. The second-order valence-corrected chi connectivity index (χ2v) is 10.5. The lowest BCUT2D eigenvalue weighted by Gasteiger charge is -2.21. The predicted octanol–water partition coefficient (Wildman–Crippen LogP) is 4.16. The number of likely N-dealkylation sites (tertiary alicyclic amines) is 1. The third-order valence-electron chi connectivity index (χ3n) is 5.85. The Bertz CT molecular complexity index is 1280. The molecule has 2 aromatic carbocycles. The highest BCUT2D eigenvalue weighted by Crippen LogP contribution is 2.24. The van der Waals surface area contributed by atoms with Crippen molar-refractivity contribution < 1.29 is 17.9 Å². The van der Waals surface area contributed by atoms with Crippen LogP contribution in [0.5, 0.6) is 0 Å². The van der Waals surface area contributed by atoms with Crippen molar-refractivity contribution in [2.24, 2.45) is 0 Å². The maximum absolute atomic E-state index is 12.9. The summed E-state index contributed by atoms with van der Waals surface area (Å²) in [6.45, 7) is 1.20. The lowest BCUT2D eigenvalue weighted by Crippen LogP contribution is -2.37. The van der Waals surface area contributed by atoms with Crippen molar-refractivity contribution in [3.63, 3.8) is 0 Å². The highest BCUT2D eigenvalue weighted by Gasteiger charge is 2.33. The Labute approximate surface area is 210 Å². The van der Waals surface area contributed by atoms with Crippen molar-refractivity contribution >= 4 is 33.7 Å². The number of nitrogens with one attached hydrogen (secondary N) is 1. The summed E-state index contributed by atoms with van der Waals surface area (Å²) >= 11 is 5.91. The first kappa shape index (κ1) is 25.1. The average Bonchev–Trinajstić information content (AvgIpc) is 3.23. The first-order valence-electron chi connectivity index (χ1n) is 11.1. The molecule has 182 valence electrons. The molecule has 0 spiro atoms. The van der Waals surface area contributed by atoms with Gasteiger partial charge in [0.15, 0.2) is 0 Å². The summed E-state index contributed by atoms with van der Waals surface area (Å²) in [6.07, 6.45) is 8.21. The van der Waals surface area contributed by atoms with E-state index in [-0.39, 0.29) is 22.9 Å². The van der Waals surface area contributed by atoms with E-state index in [1.807, 2.05) is 36.5 Å². The van der Waals surface area contributed by atoms with Gasteiger partial charge in [-0.3, -0.25) is 9.88 Å². The van der Waals surface area contributed by atoms with Gasteiger partial charge in [0.25, 0.3) is 0 Å². The van der Waals surface area contributed by atoms with Crippen molar-refractivity contribution in [3.8, 4) is 0 Å². The van der Waals surface area contributed by atoms with Crippen LogP contribution >= 0.6 is 11.6 Å². The molecular weight excluding hydrogens is 486 g/mol. The van der Waals surface area contributed by atoms with Crippen molar-refractivity contribution in [2.45, 2.75) is 29.9 Å². The van der Waals surface area contributed by atoms with E-state index < -0.39 is 10.0 Å². The smallest absolute Gasteiger partial charge is 0.337 e. The number of carbonyl (C=O) groups is 1. The van der Waals surface area contributed by atoms with Gasteiger partial charge in [-0.15, -0.1) is 0 Å². The Morgan fingerprint density at radius 1 is 1.17 bits per heavy atom. The van der Waals surface area contributed by atoms with Gasteiger partial charge in [0, 0.05) is 42.6 Å². The molecule has 0 unspecified atom stereocenters. The number of pyridine rings is 1. The molecule has 0 bridgehead atoms. The number of esters is 1. The molecule has 1 aliphatic rings. The molecule has 1 N–H and O–H groups in total. The molecule has 35 heavy (non-hydrogen) atoms. The third kappa shape index (κ3) is 6.55. The summed E-state index contributed by atoms with van der Waals surface area (Å²) in [6, 6.07) is 16.9. The van der Waals surface area contributed by atoms with Crippen LogP contribution in [0.2, 0.25) is 5.02 Å². The molecule has 1 fully saturated rings. The van der Waals surface area contributed by atoms with Crippen LogP contribution in [0.25, 0.3) is 6.08 Å². The number of halogens is 1. The van der Waals surface area contributed by atoms with Crippen LogP contribution in [0, 0.1) is 0 Å². The fraction of sp³-hybridized carbons (Fsp3) is 0.231. The van der Waals surface area contributed by atoms with E-state index in [0.29, 0.717) is 30.1 Å². The molecule has 2 atom stereocenters. The van der Waals surface area contributed by atoms with Crippen molar-refractivity contribution in [3.05, 3.63) is 101 Å². The van der Waals surface area contributed by atoms with Crippen LogP contribution in [0.1, 0.15) is 27.9 Å². The Hall–Kier alpha value is -3.04. The number of methoxy groups -OCH3 is 1. The molecular formula is C26H26ClN3O4S. The van der Waals surface area contributed by atoms with Gasteiger partial charge in [0.2, 0.25) is 10.0 Å². The van der Waals surface area contributed by atoms with Crippen molar-refractivity contribution in [1.82, 2.24) is 14.6 Å². The van der Waals surface area contributed by atoms with Gasteiger partial charge in [-0.25, -0.2) is 17.9 Å². The van der Waals surface area contributed by atoms with Gasteiger partial charge in [-0.2, -0.15) is 0 Å². The first-order chi connectivity index (χ1) is 16.8. The molecule has 0 amide bonds. The summed E-state index contributed by atoms with van der Waals surface area (Å²) in [5, 5.41) is 0.484. The summed E-state index contributed by atoms with van der Waals surface area (Å²) in [7, 11) is -2.33. The Morgan fingerprint density at radius 3 is 2.57 bits per heavy atom. The van der Waals surface area contributed by atoms with E-state index in [0.717, 1.165) is 11.1 Å². The number of aromatic nitrogens is 1. The van der Waals surface area contributed by atoms with E-state index in [2.05, 4.69) is 20.7 Å². The molecule has 4 rings (SSSR count). The van der Waals surface area contributed by atoms with Crippen LogP contribution in [0.3, 0.4) is 0 Å². The zero-order chi connectivity index (χ0) is 24.8. The minimum Gasteiger partial charge on any atom is -0.465 e. The lowest BCUT2D eigenvalue weighted by atomic mass is 10.1. The molecule has 7 nitrogen and oxygen atoms in total. The van der Waals surface area contributed by atoms with Crippen LogP contribution in [0.4, 0.5) is 0 Å². The topological polar surface area (TPSA) is 88.6 Å². The van der Waals surface area contributed by atoms with Crippen LogP contribution < -0.4 is 4.72 Å². The molecule has 0 radical (unpaired) electrons. The number of sulfonamides is 1. The number of nitrogens with zero attached hydrogens (tertiary/aromatic N) is 2. The van der Waals surface area contributed by atoms with E-state index in [9.17, 15) is 13.2 Å². The highest BCUT2D eigenvalue weighted by molar-refractivity contribution is 7.89. The zero-order valence-corrected chi connectivity index (χ0v) is 20.7. The number of hydrogen-bond acceptors (Lipinski definition) is 6. The second kappa shape index (κ2) is 11.1. The molecule has 0 aliphatic carbocycles. The molecule has 0 saturated carbocycles. The summed E-state index contributed by atoms with van der Waals surface area (Å²) in [5.74, 6) is -0.380. The Balaban J connectivity index is 1.51. The maximum Gasteiger partial charge on any atom is 0.337 e. The minimum absolute atomic E-state index is 0.00778. The van der Waals surface area contributed by atoms with E-state index in [4.69, 9.17) is 16.3 Å². The predicted molar refractivity (Wildman–Crippen MR) is 135 cm³/mol. The summed E-state index contributed by atoms with van der Waals surface area (Å²) in [4.78, 5) is 18.3. The van der Waals surface area contributed by atoms with Gasteiger partial charge in [0.05, 0.1) is 17.6 Å². The number of rotatable bonds is 8. The molecule has 9 heteroatoms. The van der Waals surface area contributed by atoms with Crippen molar-refractivity contribution in [1.29, 1.82) is 0 Å². The number of carbonyl (C=O) groups excluding carboxylic acids is 1. The van der Waals surface area contributed by atoms with Gasteiger partial charge in [0.1, 0.15) is 0 Å². The largest absolute Gasteiger partial charge is 0.465 e. The first-order valence-corrected chi connectivity index (χ1v) is 13.0. The average molecular weight is 512 g/mol. The van der Waals surface area contributed by atoms with E-state index in [1.165, 1.54) is 19.2 Å². The number of hydrogen-bond donors (Lipinski definition) is 1. The molecule has 1 saturated heterocycles. The Morgan fingerprint density at radius 2 is 1.91 bits per heavy atom. The van der Waals surface area contributed by atoms with Gasteiger partial charge in [-0.05, 0) is 60.0 Å². The SMILES string of the molecule is COC(=O)c1ccc(C=C[C@@H]2C[C@@H](NS(=O)(=O)c3ccc(Cl)cc3)CN2Cc2cccnc2)cc1. The number of ether oxygens (including phenoxy) is 1. The molecule has 2 heterocycles. The van der Waals surface area contributed by atoms with Crippen LogP contribution in [-0.4, -0.2) is 50.0 Å². The summed E-state index contributed by atoms with van der Waals surface area (Å²) in [5.41, 5.74) is 2.47. The van der Waals surface area contributed by atoms with E-state index in [1.54, 1.807) is 30.5 Å².